The molecule has 0 radical (unpaired) electrons. The van der Waals surface area contributed by atoms with E-state index in [9.17, 15) is 18.0 Å². The lowest BCUT2D eigenvalue weighted by molar-refractivity contribution is 0.0601. The highest BCUT2D eigenvalue weighted by atomic mass is 32.2. The van der Waals surface area contributed by atoms with Crippen LogP contribution in [0.5, 0.6) is 0 Å². The van der Waals surface area contributed by atoms with Crippen molar-refractivity contribution in [3.05, 3.63) is 45.3 Å². The van der Waals surface area contributed by atoms with E-state index in [0.717, 1.165) is 48.1 Å². The molecule has 1 unspecified atom stereocenters. The molecule has 31 heavy (non-hydrogen) atoms. The van der Waals surface area contributed by atoms with Gasteiger partial charge >= 0.3 is 5.97 Å². The van der Waals surface area contributed by atoms with E-state index in [1.54, 1.807) is 18.2 Å². The van der Waals surface area contributed by atoms with Crippen LogP contribution in [0.1, 0.15) is 62.9 Å². The number of sulfonamides is 1. The van der Waals surface area contributed by atoms with Crippen LogP contribution in [-0.4, -0.2) is 39.7 Å². The van der Waals surface area contributed by atoms with Gasteiger partial charge in [0, 0.05) is 16.5 Å². The van der Waals surface area contributed by atoms with Gasteiger partial charge in [-0.1, -0.05) is 6.42 Å². The number of benzene rings is 1. The van der Waals surface area contributed by atoms with E-state index in [4.69, 9.17) is 4.74 Å². The van der Waals surface area contributed by atoms with Crippen molar-refractivity contribution in [2.45, 2.75) is 51.5 Å². The molecule has 1 aliphatic carbocycles. The summed E-state index contributed by atoms with van der Waals surface area (Å²) in [7, 11) is -2.04. The molecule has 1 amide bonds. The molecule has 0 saturated heterocycles. The van der Waals surface area contributed by atoms with Gasteiger partial charge in [0.1, 0.15) is 5.00 Å². The smallest absolute Gasteiger partial charge is 0.341 e. The predicted octanol–water partition coefficient (Wildman–Crippen LogP) is 3.77. The summed E-state index contributed by atoms with van der Waals surface area (Å²) >= 11 is 1.45. The van der Waals surface area contributed by atoms with Gasteiger partial charge in [-0.15, -0.1) is 11.3 Å². The van der Waals surface area contributed by atoms with Crippen LogP contribution in [0.15, 0.2) is 18.2 Å². The highest BCUT2D eigenvalue weighted by molar-refractivity contribution is 7.92. The highest BCUT2D eigenvalue weighted by Crippen LogP contribution is 2.39. The van der Waals surface area contributed by atoms with E-state index in [2.05, 4.69) is 5.32 Å². The molecule has 0 bridgehead atoms. The van der Waals surface area contributed by atoms with Gasteiger partial charge in [0.2, 0.25) is 10.0 Å². The third kappa shape index (κ3) is 4.08. The number of carbonyl (C=O) groups is 2. The minimum atomic E-state index is -3.39. The van der Waals surface area contributed by atoms with Crippen molar-refractivity contribution < 1.29 is 22.7 Å². The minimum Gasteiger partial charge on any atom is -0.465 e. The first-order chi connectivity index (χ1) is 14.7. The fourth-order valence-corrected chi connectivity index (χ4v) is 7.11. The van der Waals surface area contributed by atoms with Crippen LogP contribution in [0.2, 0.25) is 0 Å². The minimum absolute atomic E-state index is 0.192. The van der Waals surface area contributed by atoms with Gasteiger partial charge in [0.15, 0.2) is 0 Å². The van der Waals surface area contributed by atoms with Crippen molar-refractivity contribution in [3.8, 4) is 0 Å². The molecule has 1 atom stereocenters. The molecule has 7 nitrogen and oxygen atoms in total. The molecule has 0 saturated carbocycles. The second-order valence-electron chi connectivity index (χ2n) is 8.17. The van der Waals surface area contributed by atoms with Gasteiger partial charge in [-0.05, 0) is 68.4 Å². The molecule has 9 heteroatoms. The molecule has 2 aliphatic rings. The Labute approximate surface area is 186 Å². The summed E-state index contributed by atoms with van der Waals surface area (Å²) in [5.41, 5.74) is 3.33. The summed E-state index contributed by atoms with van der Waals surface area (Å²) in [5.74, 6) is -0.754. The summed E-state index contributed by atoms with van der Waals surface area (Å²) in [6.07, 6.45) is 6.66. The SMILES string of the molecule is COC(=O)c1c(NC(=O)c2ccc3c(c2)CC(C)N3S(C)(=O)=O)sc2c1CCCCC2. The van der Waals surface area contributed by atoms with E-state index >= 15 is 0 Å². The Morgan fingerprint density at radius 1 is 1.19 bits per heavy atom. The third-order valence-corrected chi connectivity index (χ3v) is 8.37. The molecular weight excluding hydrogens is 436 g/mol. The summed E-state index contributed by atoms with van der Waals surface area (Å²) in [6.45, 7) is 1.85. The Balaban J connectivity index is 1.64. The molecule has 1 aromatic carbocycles. The molecule has 1 aliphatic heterocycles. The average Bonchev–Trinajstić information content (AvgIpc) is 3.13. The Morgan fingerprint density at radius 3 is 2.65 bits per heavy atom. The Bertz CT molecular complexity index is 1150. The number of hydrogen-bond donors (Lipinski definition) is 1. The number of nitrogens with zero attached hydrogens (tertiary/aromatic N) is 1. The van der Waals surface area contributed by atoms with E-state index in [-0.39, 0.29) is 11.9 Å². The number of carbonyl (C=O) groups excluding carboxylic acids is 2. The largest absolute Gasteiger partial charge is 0.465 e. The maximum Gasteiger partial charge on any atom is 0.341 e. The lowest BCUT2D eigenvalue weighted by Crippen LogP contribution is -2.34. The Hall–Kier alpha value is -2.39. The van der Waals surface area contributed by atoms with Gasteiger partial charge in [-0.25, -0.2) is 13.2 Å². The normalized spacial score (nSPS) is 18.2. The first-order valence-corrected chi connectivity index (χ1v) is 13.0. The van der Waals surface area contributed by atoms with E-state index in [1.807, 2.05) is 6.92 Å². The molecule has 0 spiro atoms. The van der Waals surface area contributed by atoms with Crippen molar-refractivity contribution in [1.82, 2.24) is 0 Å². The number of methoxy groups -OCH3 is 1. The average molecular weight is 463 g/mol. The highest BCUT2D eigenvalue weighted by Gasteiger charge is 2.33. The van der Waals surface area contributed by atoms with Crippen molar-refractivity contribution >= 4 is 43.9 Å². The number of thiophene rings is 1. The number of rotatable bonds is 4. The van der Waals surface area contributed by atoms with Crippen molar-refractivity contribution in [2.24, 2.45) is 0 Å². The summed E-state index contributed by atoms with van der Waals surface area (Å²) < 4.78 is 30.6. The predicted molar refractivity (Wildman–Crippen MR) is 122 cm³/mol. The first-order valence-electron chi connectivity index (χ1n) is 10.4. The molecule has 0 fully saturated rings. The van der Waals surface area contributed by atoms with Crippen LogP contribution in [0.3, 0.4) is 0 Å². The zero-order chi connectivity index (χ0) is 22.3. The number of aryl methyl sites for hydroxylation is 1. The standard InChI is InChI=1S/C22H26N2O5S2/c1-13-11-15-12-14(9-10-17(15)24(13)31(3,27)28)20(25)23-21-19(22(26)29-2)16-7-5-4-6-8-18(16)30-21/h9-10,12-13H,4-8,11H2,1-3H3,(H,23,25). The van der Waals surface area contributed by atoms with Crippen molar-refractivity contribution in [2.75, 3.05) is 23.0 Å². The number of esters is 1. The summed E-state index contributed by atoms with van der Waals surface area (Å²) in [5, 5.41) is 3.43. The molecule has 166 valence electrons. The number of anilines is 2. The quantitative estimate of drug-likeness (QED) is 0.552. The van der Waals surface area contributed by atoms with Gasteiger partial charge in [0.05, 0.1) is 24.6 Å². The summed E-state index contributed by atoms with van der Waals surface area (Å²) in [4.78, 5) is 26.7. The lowest BCUT2D eigenvalue weighted by Gasteiger charge is -2.21. The number of nitrogens with one attached hydrogen (secondary N) is 1. The van der Waals surface area contributed by atoms with Gasteiger partial charge in [0.25, 0.3) is 5.91 Å². The Morgan fingerprint density at radius 2 is 1.94 bits per heavy atom. The zero-order valence-corrected chi connectivity index (χ0v) is 19.5. The van der Waals surface area contributed by atoms with E-state index < -0.39 is 16.0 Å². The van der Waals surface area contributed by atoms with E-state index in [1.165, 1.54) is 29.0 Å². The number of fused-ring (bicyclic) bond motifs is 2. The molecule has 2 aromatic rings. The monoisotopic (exact) mass is 462 g/mol. The molecule has 1 aromatic heterocycles. The molecule has 1 N–H and O–H groups in total. The van der Waals surface area contributed by atoms with Gasteiger partial charge in [-0.2, -0.15) is 0 Å². The molecule has 2 heterocycles. The van der Waals surface area contributed by atoms with Crippen LogP contribution in [0.4, 0.5) is 10.7 Å². The van der Waals surface area contributed by atoms with Crippen LogP contribution in [-0.2, 0) is 34.0 Å². The lowest BCUT2D eigenvalue weighted by atomic mass is 10.0. The van der Waals surface area contributed by atoms with Crippen LogP contribution in [0, 0.1) is 0 Å². The summed E-state index contributed by atoms with van der Waals surface area (Å²) in [6, 6.07) is 4.85. The van der Waals surface area contributed by atoms with E-state index in [0.29, 0.717) is 28.2 Å². The molecular formula is C22H26N2O5S2. The second-order valence-corrected chi connectivity index (χ2v) is 11.1. The Kier molecular flexibility index (Phi) is 5.83. The topological polar surface area (TPSA) is 92.8 Å². The van der Waals surface area contributed by atoms with Crippen LogP contribution < -0.4 is 9.62 Å². The van der Waals surface area contributed by atoms with Crippen molar-refractivity contribution in [3.63, 3.8) is 0 Å². The first kappa shape index (κ1) is 21.8. The maximum absolute atomic E-state index is 13.0. The van der Waals surface area contributed by atoms with Gasteiger partial charge < -0.3 is 10.1 Å². The molecule has 4 rings (SSSR count). The zero-order valence-electron chi connectivity index (χ0n) is 17.9. The fraction of sp³-hybridized carbons (Fsp3) is 0.455. The number of hydrogen-bond acceptors (Lipinski definition) is 6. The van der Waals surface area contributed by atoms with Gasteiger partial charge in [-0.3, -0.25) is 9.10 Å². The number of ether oxygens (including phenoxy) is 1. The third-order valence-electron chi connectivity index (χ3n) is 5.89. The van der Waals surface area contributed by atoms with Crippen LogP contribution in [0.25, 0.3) is 0 Å². The fourth-order valence-electron chi connectivity index (χ4n) is 4.57. The number of amides is 1. The second kappa shape index (κ2) is 8.27. The van der Waals surface area contributed by atoms with Crippen molar-refractivity contribution in [1.29, 1.82) is 0 Å². The van der Waals surface area contributed by atoms with Crippen LogP contribution >= 0.6 is 11.3 Å². The maximum atomic E-state index is 13.0.